The summed E-state index contributed by atoms with van der Waals surface area (Å²) in [5, 5.41) is 7.28. The molecule has 0 bridgehead atoms. The predicted molar refractivity (Wildman–Crippen MR) is 126 cm³/mol. The van der Waals surface area contributed by atoms with Crippen LogP contribution in [0.4, 0.5) is 11.4 Å². The number of aryl methyl sites for hydroxylation is 2. The number of nitrogens with zero attached hydrogens (tertiary/aromatic N) is 2. The first-order valence-electron chi connectivity index (χ1n) is 10.6. The van der Waals surface area contributed by atoms with Crippen molar-refractivity contribution in [3.05, 3.63) is 52.0 Å². The number of carbonyl (C=O) groups excluding carboxylic acids is 1. The third-order valence-corrected chi connectivity index (χ3v) is 6.73. The lowest BCUT2D eigenvalue weighted by Crippen LogP contribution is -2.43. The van der Waals surface area contributed by atoms with Crippen LogP contribution in [0, 0.1) is 6.92 Å². The van der Waals surface area contributed by atoms with Gasteiger partial charge >= 0.3 is 0 Å². The summed E-state index contributed by atoms with van der Waals surface area (Å²) in [5.41, 5.74) is 11.6. The number of thiophene rings is 1. The molecule has 1 saturated heterocycles. The molecule has 4 N–H and O–H groups in total. The molecule has 1 aliphatic rings. The lowest BCUT2D eigenvalue weighted by molar-refractivity contribution is 0.0959. The van der Waals surface area contributed by atoms with Gasteiger partial charge in [-0.3, -0.25) is 4.79 Å². The van der Waals surface area contributed by atoms with Crippen LogP contribution in [0.25, 0.3) is 10.2 Å². The lowest BCUT2D eigenvalue weighted by Gasteiger charge is -2.31. The molecule has 0 saturated carbocycles. The van der Waals surface area contributed by atoms with Gasteiger partial charge in [0.25, 0.3) is 5.91 Å². The van der Waals surface area contributed by atoms with Gasteiger partial charge in [-0.15, -0.1) is 11.3 Å². The Morgan fingerprint density at radius 2 is 2.07 bits per heavy atom. The van der Waals surface area contributed by atoms with E-state index in [1.54, 1.807) is 0 Å². The minimum absolute atomic E-state index is 0.124. The van der Waals surface area contributed by atoms with Crippen LogP contribution in [-0.2, 0) is 12.8 Å². The minimum Gasteiger partial charge on any atom is -0.397 e. The number of nitrogens with two attached hydrogens (primary N) is 1. The van der Waals surface area contributed by atoms with Crippen molar-refractivity contribution in [2.24, 2.45) is 0 Å². The Labute approximate surface area is 181 Å². The van der Waals surface area contributed by atoms with Crippen LogP contribution < -0.4 is 21.3 Å². The molecular weight excluding hydrogens is 394 g/mol. The molecule has 3 aromatic rings. The van der Waals surface area contributed by atoms with E-state index in [2.05, 4.69) is 45.6 Å². The van der Waals surface area contributed by atoms with Crippen molar-refractivity contribution in [1.82, 2.24) is 15.6 Å². The van der Waals surface area contributed by atoms with Gasteiger partial charge < -0.3 is 21.3 Å². The smallest absolute Gasteiger partial charge is 0.263 e. The van der Waals surface area contributed by atoms with E-state index in [1.807, 2.05) is 19.1 Å². The van der Waals surface area contributed by atoms with Gasteiger partial charge in [0.15, 0.2) is 0 Å². The first-order chi connectivity index (χ1) is 14.6. The first-order valence-corrected chi connectivity index (χ1v) is 11.4. The van der Waals surface area contributed by atoms with Crippen LogP contribution in [0.2, 0.25) is 0 Å². The van der Waals surface area contributed by atoms with Gasteiger partial charge in [-0.1, -0.05) is 19.1 Å². The van der Waals surface area contributed by atoms with E-state index in [9.17, 15) is 4.79 Å². The molecule has 0 spiro atoms. The highest BCUT2D eigenvalue weighted by molar-refractivity contribution is 7.21. The topological polar surface area (TPSA) is 83.3 Å². The van der Waals surface area contributed by atoms with Crippen molar-refractivity contribution >= 4 is 38.8 Å². The van der Waals surface area contributed by atoms with Gasteiger partial charge in [-0.05, 0) is 49.1 Å². The molecule has 3 heterocycles. The summed E-state index contributed by atoms with van der Waals surface area (Å²) in [6.45, 7) is 8.88. The molecular formula is C23H29N5OS. The van der Waals surface area contributed by atoms with Crippen molar-refractivity contribution in [3.63, 3.8) is 0 Å². The largest absolute Gasteiger partial charge is 0.397 e. The van der Waals surface area contributed by atoms with E-state index in [1.165, 1.54) is 28.2 Å². The number of piperazine rings is 1. The summed E-state index contributed by atoms with van der Waals surface area (Å²) in [5.74, 6) is -0.124. The number of fused-ring (bicyclic) bond motifs is 1. The highest BCUT2D eigenvalue weighted by Crippen LogP contribution is 2.32. The molecule has 0 aliphatic carbocycles. The summed E-state index contributed by atoms with van der Waals surface area (Å²) in [6, 6.07) is 10.6. The van der Waals surface area contributed by atoms with Crippen LogP contribution in [0.5, 0.6) is 0 Å². The van der Waals surface area contributed by atoms with Crippen molar-refractivity contribution in [3.8, 4) is 0 Å². The van der Waals surface area contributed by atoms with Gasteiger partial charge in [-0.25, -0.2) is 4.98 Å². The fraction of sp³-hybridized carbons (Fsp3) is 0.391. The Morgan fingerprint density at radius 1 is 1.27 bits per heavy atom. The molecule has 1 fully saturated rings. The molecule has 7 heteroatoms. The van der Waals surface area contributed by atoms with Crippen LogP contribution in [0.1, 0.15) is 33.4 Å². The van der Waals surface area contributed by atoms with E-state index in [0.717, 1.165) is 54.9 Å². The molecule has 1 amide bonds. The lowest BCUT2D eigenvalue weighted by atomic mass is 10.0. The number of carbonyl (C=O) groups is 1. The Kier molecular flexibility index (Phi) is 6.20. The Morgan fingerprint density at radius 3 is 2.83 bits per heavy atom. The van der Waals surface area contributed by atoms with Gasteiger partial charge in [0.1, 0.15) is 9.71 Å². The van der Waals surface area contributed by atoms with Crippen LogP contribution in [0.15, 0.2) is 30.3 Å². The number of hydrogen-bond donors (Lipinski definition) is 3. The zero-order valence-electron chi connectivity index (χ0n) is 17.6. The molecule has 158 valence electrons. The molecule has 6 nitrogen and oxygen atoms in total. The Bertz CT molecular complexity index is 1060. The standard InChI is InChI=1S/C23H29N5OS/c1-3-17-14-16(5-7-19(17)28-12-10-25-11-13-28)8-9-26-22(29)21-20(24)18-6-4-15(2)27-23(18)30-21/h4-7,14,25H,3,8-13,24H2,1-2H3,(H,26,29). The van der Waals surface area contributed by atoms with Crippen LogP contribution in [0.3, 0.4) is 0 Å². The maximum Gasteiger partial charge on any atom is 0.263 e. The monoisotopic (exact) mass is 423 g/mol. The average Bonchev–Trinajstić information content (AvgIpc) is 3.09. The van der Waals surface area contributed by atoms with E-state index >= 15 is 0 Å². The highest BCUT2D eigenvalue weighted by atomic mass is 32.1. The minimum atomic E-state index is -0.124. The third kappa shape index (κ3) is 4.27. The highest BCUT2D eigenvalue weighted by Gasteiger charge is 2.17. The molecule has 1 aliphatic heterocycles. The van der Waals surface area contributed by atoms with Gasteiger partial charge in [0.2, 0.25) is 0 Å². The Balaban J connectivity index is 1.40. The number of aromatic nitrogens is 1. The molecule has 0 unspecified atom stereocenters. The normalized spacial score (nSPS) is 14.3. The first kappa shape index (κ1) is 20.6. The summed E-state index contributed by atoms with van der Waals surface area (Å²) >= 11 is 1.36. The summed E-state index contributed by atoms with van der Waals surface area (Å²) < 4.78 is 0. The van der Waals surface area contributed by atoms with Crippen molar-refractivity contribution < 1.29 is 4.79 Å². The maximum absolute atomic E-state index is 12.7. The maximum atomic E-state index is 12.7. The summed E-state index contributed by atoms with van der Waals surface area (Å²) in [6.07, 6.45) is 1.80. The van der Waals surface area contributed by atoms with Crippen molar-refractivity contribution in [1.29, 1.82) is 0 Å². The number of hydrogen-bond acceptors (Lipinski definition) is 6. The number of benzene rings is 1. The Hall–Kier alpha value is -2.64. The molecule has 30 heavy (non-hydrogen) atoms. The number of nitrogen functional groups attached to an aromatic ring is 1. The van der Waals surface area contributed by atoms with Gasteiger partial charge in [-0.2, -0.15) is 0 Å². The van der Waals surface area contributed by atoms with Crippen LogP contribution in [-0.4, -0.2) is 43.6 Å². The van der Waals surface area contributed by atoms with E-state index < -0.39 is 0 Å². The number of nitrogens with one attached hydrogen (secondary N) is 2. The second-order valence-corrected chi connectivity index (χ2v) is 8.71. The fourth-order valence-electron chi connectivity index (χ4n) is 3.95. The fourth-order valence-corrected chi connectivity index (χ4v) is 5.01. The predicted octanol–water partition coefficient (Wildman–Crippen LogP) is 3.13. The third-order valence-electron chi connectivity index (χ3n) is 5.62. The second-order valence-electron chi connectivity index (χ2n) is 7.71. The zero-order chi connectivity index (χ0) is 21.1. The van der Waals surface area contributed by atoms with E-state index in [0.29, 0.717) is 17.1 Å². The number of amides is 1. The molecule has 0 atom stereocenters. The van der Waals surface area contributed by atoms with E-state index in [-0.39, 0.29) is 5.91 Å². The second kappa shape index (κ2) is 9.02. The van der Waals surface area contributed by atoms with Crippen molar-refractivity contribution in [2.45, 2.75) is 26.7 Å². The van der Waals surface area contributed by atoms with Crippen LogP contribution >= 0.6 is 11.3 Å². The molecule has 1 aromatic carbocycles. The zero-order valence-corrected chi connectivity index (χ0v) is 18.4. The number of anilines is 2. The van der Waals surface area contributed by atoms with Gasteiger partial charge in [0, 0.05) is 49.5 Å². The van der Waals surface area contributed by atoms with Crippen molar-refractivity contribution in [2.75, 3.05) is 43.4 Å². The molecule has 4 rings (SSSR count). The number of rotatable bonds is 6. The number of pyridine rings is 1. The molecule has 0 radical (unpaired) electrons. The van der Waals surface area contributed by atoms with Gasteiger partial charge in [0.05, 0.1) is 5.69 Å². The SMILES string of the molecule is CCc1cc(CCNC(=O)c2sc3nc(C)ccc3c2N)ccc1N1CCNCC1. The quantitative estimate of drug-likeness (QED) is 0.567. The average molecular weight is 424 g/mol. The summed E-state index contributed by atoms with van der Waals surface area (Å²) in [4.78, 5) is 21.0. The summed E-state index contributed by atoms with van der Waals surface area (Å²) in [7, 11) is 0. The molecule has 2 aromatic heterocycles. The van der Waals surface area contributed by atoms with E-state index in [4.69, 9.17) is 5.73 Å².